The summed E-state index contributed by atoms with van der Waals surface area (Å²) in [6.07, 6.45) is 5.70. The van der Waals surface area contributed by atoms with Gasteiger partial charge in [0.1, 0.15) is 0 Å². The first-order chi connectivity index (χ1) is 10.9. The summed E-state index contributed by atoms with van der Waals surface area (Å²) in [6.45, 7) is 13.9. The fraction of sp³-hybridized carbons (Fsp3) is 0.824. The maximum absolute atomic E-state index is 12.1. The van der Waals surface area contributed by atoms with Gasteiger partial charge in [-0.15, -0.1) is 24.0 Å². The molecule has 0 spiro atoms. The van der Waals surface area contributed by atoms with Crippen molar-refractivity contribution in [2.75, 3.05) is 45.0 Å². The van der Waals surface area contributed by atoms with Gasteiger partial charge >= 0.3 is 0 Å². The highest BCUT2D eigenvalue weighted by atomic mass is 127. The van der Waals surface area contributed by atoms with Crippen LogP contribution in [0, 0.1) is 0 Å². The normalized spacial score (nSPS) is 23.4. The fourth-order valence-corrected chi connectivity index (χ4v) is 3.86. The molecule has 2 heterocycles. The van der Waals surface area contributed by atoms with Crippen molar-refractivity contribution in [2.45, 2.75) is 44.9 Å². The molecular weight excluding hydrogens is 435 g/mol. The average Bonchev–Trinajstić information content (AvgIpc) is 3.16. The number of likely N-dealkylation sites (tertiary alicyclic amines) is 1. The molecule has 1 N–H and O–H groups in total. The van der Waals surface area contributed by atoms with Crippen molar-refractivity contribution in [3.8, 4) is 0 Å². The molecule has 2 atom stereocenters. The Hall–Kier alpha value is -0.150. The molecule has 2 aliphatic heterocycles. The predicted octanol–water partition coefficient (Wildman–Crippen LogP) is 2.06. The Morgan fingerprint density at radius 1 is 1.33 bits per heavy atom. The Kier molecular flexibility index (Phi) is 9.22. The van der Waals surface area contributed by atoms with Gasteiger partial charge in [-0.1, -0.05) is 12.2 Å². The number of aliphatic imine (C=N–C) groups is 1. The van der Waals surface area contributed by atoms with Crippen molar-refractivity contribution in [2.24, 2.45) is 4.99 Å². The molecule has 0 aliphatic carbocycles. The lowest BCUT2D eigenvalue weighted by Crippen LogP contribution is -2.43. The van der Waals surface area contributed by atoms with Crippen LogP contribution in [-0.2, 0) is 10.8 Å². The third-order valence-corrected chi connectivity index (χ3v) is 6.30. The topological polar surface area (TPSA) is 47.9 Å². The van der Waals surface area contributed by atoms with Crippen LogP contribution in [0.1, 0.15) is 34.1 Å². The van der Waals surface area contributed by atoms with Crippen molar-refractivity contribution >= 4 is 40.7 Å². The van der Waals surface area contributed by atoms with E-state index in [9.17, 15) is 4.21 Å². The summed E-state index contributed by atoms with van der Waals surface area (Å²) in [6, 6.07) is 0.623. The van der Waals surface area contributed by atoms with E-state index in [1.807, 2.05) is 20.8 Å². The molecule has 0 amide bonds. The standard InChI is InChI=1S/C17H32N4OS.HI/c1-5-18-16(19-9-13-23(22)17(2,3)4)21-12-8-15(14-21)20-10-6-7-11-20;/h6-7,15H,5,8-14H2,1-4H3,(H,18,19);1H. The van der Waals surface area contributed by atoms with Gasteiger partial charge in [0.15, 0.2) is 5.96 Å². The van der Waals surface area contributed by atoms with Crippen molar-refractivity contribution in [3.63, 3.8) is 0 Å². The average molecular weight is 468 g/mol. The molecule has 0 aromatic heterocycles. The lowest BCUT2D eigenvalue weighted by atomic mass is 10.2. The monoisotopic (exact) mass is 468 g/mol. The summed E-state index contributed by atoms with van der Waals surface area (Å²) >= 11 is 0. The van der Waals surface area contributed by atoms with Crippen molar-refractivity contribution in [3.05, 3.63) is 12.2 Å². The fourth-order valence-electron chi connectivity index (χ4n) is 2.99. The van der Waals surface area contributed by atoms with Gasteiger partial charge < -0.3 is 10.2 Å². The molecule has 24 heavy (non-hydrogen) atoms. The lowest BCUT2D eigenvalue weighted by molar-refractivity contribution is 0.259. The predicted molar refractivity (Wildman–Crippen MR) is 115 cm³/mol. The van der Waals surface area contributed by atoms with Crippen LogP contribution in [0.2, 0.25) is 0 Å². The Morgan fingerprint density at radius 2 is 2.00 bits per heavy atom. The zero-order chi connectivity index (χ0) is 16.9. The highest BCUT2D eigenvalue weighted by Crippen LogP contribution is 2.18. The van der Waals surface area contributed by atoms with Crippen LogP contribution in [0.3, 0.4) is 0 Å². The largest absolute Gasteiger partial charge is 0.357 e. The third-order valence-electron chi connectivity index (χ3n) is 4.38. The van der Waals surface area contributed by atoms with Crippen LogP contribution < -0.4 is 5.32 Å². The first kappa shape index (κ1) is 21.9. The summed E-state index contributed by atoms with van der Waals surface area (Å²) in [5.41, 5.74) is 0. The van der Waals surface area contributed by atoms with Crippen molar-refractivity contribution < 1.29 is 4.21 Å². The molecule has 0 saturated carbocycles. The molecular formula is C17H33IN4OS. The molecule has 2 rings (SSSR count). The van der Waals surface area contributed by atoms with Gasteiger partial charge in [0.05, 0.1) is 6.54 Å². The molecule has 1 saturated heterocycles. The van der Waals surface area contributed by atoms with E-state index < -0.39 is 10.8 Å². The van der Waals surface area contributed by atoms with Crippen LogP contribution in [0.5, 0.6) is 0 Å². The molecule has 2 unspecified atom stereocenters. The number of hydrogen-bond acceptors (Lipinski definition) is 3. The van der Waals surface area contributed by atoms with E-state index in [4.69, 9.17) is 4.99 Å². The van der Waals surface area contributed by atoms with Crippen LogP contribution in [0.15, 0.2) is 17.1 Å². The molecule has 7 heteroatoms. The van der Waals surface area contributed by atoms with E-state index in [0.717, 1.165) is 38.7 Å². The summed E-state index contributed by atoms with van der Waals surface area (Å²) in [5, 5.41) is 3.39. The Morgan fingerprint density at radius 3 is 2.58 bits per heavy atom. The molecule has 5 nitrogen and oxygen atoms in total. The second kappa shape index (κ2) is 10.1. The number of halogens is 1. The van der Waals surface area contributed by atoms with Crippen LogP contribution in [-0.4, -0.2) is 75.8 Å². The summed E-state index contributed by atoms with van der Waals surface area (Å²) in [5.74, 6) is 1.61. The number of hydrogen-bond donors (Lipinski definition) is 1. The van der Waals surface area contributed by atoms with Gasteiger partial charge in [0.2, 0.25) is 0 Å². The second-order valence-corrected chi connectivity index (χ2v) is 9.54. The number of guanidine groups is 1. The van der Waals surface area contributed by atoms with Crippen LogP contribution in [0.4, 0.5) is 0 Å². The van der Waals surface area contributed by atoms with E-state index in [1.165, 1.54) is 6.42 Å². The number of rotatable bonds is 5. The van der Waals surface area contributed by atoms with E-state index >= 15 is 0 Å². The van der Waals surface area contributed by atoms with Gasteiger partial charge in [-0.25, -0.2) is 0 Å². The molecule has 0 aromatic carbocycles. The lowest BCUT2D eigenvalue weighted by Gasteiger charge is -2.25. The van der Waals surface area contributed by atoms with Crippen LogP contribution in [0.25, 0.3) is 0 Å². The highest BCUT2D eigenvalue weighted by Gasteiger charge is 2.29. The molecule has 0 radical (unpaired) electrons. The Bertz CT molecular complexity index is 468. The van der Waals surface area contributed by atoms with Crippen LogP contribution >= 0.6 is 24.0 Å². The summed E-state index contributed by atoms with van der Waals surface area (Å²) in [7, 11) is -0.838. The summed E-state index contributed by atoms with van der Waals surface area (Å²) < 4.78 is 12.0. The van der Waals surface area contributed by atoms with Crippen molar-refractivity contribution in [1.82, 2.24) is 15.1 Å². The SMILES string of the molecule is CCNC(=NCCS(=O)C(C)(C)C)N1CCC(N2CC=CC2)C1.I. The van der Waals surface area contributed by atoms with Gasteiger partial charge in [-0.3, -0.25) is 14.1 Å². The number of nitrogens with zero attached hydrogens (tertiary/aromatic N) is 3. The number of nitrogens with one attached hydrogen (secondary N) is 1. The molecule has 2 aliphatic rings. The first-order valence-corrected chi connectivity index (χ1v) is 10.0. The van der Waals surface area contributed by atoms with E-state index in [0.29, 0.717) is 18.3 Å². The zero-order valence-electron chi connectivity index (χ0n) is 15.5. The second-order valence-electron chi connectivity index (χ2n) is 7.21. The van der Waals surface area contributed by atoms with Gasteiger partial charge in [0.25, 0.3) is 0 Å². The summed E-state index contributed by atoms with van der Waals surface area (Å²) in [4.78, 5) is 9.59. The minimum atomic E-state index is -0.838. The minimum absolute atomic E-state index is 0. The molecule has 0 bridgehead atoms. The maximum atomic E-state index is 12.1. The highest BCUT2D eigenvalue weighted by molar-refractivity contribution is 14.0. The van der Waals surface area contributed by atoms with E-state index in [2.05, 4.69) is 34.2 Å². The van der Waals surface area contributed by atoms with E-state index in [-0.39, 0.29) is 28.7 Å². The van der Waals surface area contributed by atoms with E-state index in [1.54, 1.807) is 0 Å². The molecule has 140 valence electrons. The minimum Gasteiger partial charge on any atom is -0.357 e. The van der Waals surface area contributed by atoms with Crippen molar-refractivity contribution in [1.29, 1.82) is 0 Å². The third kappa shape index (κ3) is 6.29. The maximum Gasteiger partial charge on any atom is 0.193 e. The zero-order valence-corrected chi connectivity index (χ0v) is 18.6. The quantitative estimate of drug-likeness (QED) is 0.291. The van der Waals surface area contributed by atoms with Gasteiger partial charge in [0, 0.05) is 60.1 Å². The van der Waals surface area contributed by atoms with Gasteiger partial charge in [-0.05, 0) is 34.1 Å². The smallest absolute Gasteiger partial charge is 0.193 e. The van der Waals surface area contributed by atoms with Gasteiger partial charge in [-0.2, -0.15) is 0 Å². The molecule has 1 fully saturated rings. The molecule has 0 aromatic rings. The first-order valence-electron chi connectivity index (χ1n) is 8.72. The Balaban J connectivity index is 0.00000288. The Labute approximate surface area is 166 Å².